The van der Waals surface area contributed by atoms with E-state index in [1.165, 1.54) is 23.8 Å². The summed E-state index contributed by atoms with van der Waals surface area (Å²) >= 11 is 2.52. The van der Waals surface area contributed by atoms with Crippen molar-refractivity contribution in [3.05, 3.63) is 22.3 Å². The predicted octanol–water partition coefficient (Wildman–Crippen LogP) is -0.814. The molecule has 1 aromatic heterocycles. The molecule has 0 aromatic carbocycles. The van der Waals surface area contributed by atoms with E-state index in [-0.39, 0.29) is 51.8 Å². The minimum atomic E-state index is -1.16. The Morgan fingerprint density at radius 3 is 2.78 bits per heavy atom. The molecule has 0 radical (unpaired) electrons. The molecular formula is C14H16N5NaO5S2. The number of carbonyl (C=O) groups is 3. The van der Waals surface area contributed by atoms with Crippen LogP contribution in [0.25, 0.3) is 0 Å². The number of aromatic nitrogens is 1. The number of nitrogens with two attached hydrogens (primary N) is 1. The summed E-state index contributed by atoms with van der Waals surface area (Å²) < 4.78 is 0. The molecule has 1 saturated heterocycles. The van der Waals surface area contributed by atoms with Crippen LogP contribution in [0.2, 0.25) is 0 Å². The first-order valence-corrected chi connectivity index (χ1v) is 9.29. The molecule has 10 nitrogen and oxygen atoms in total. The van der Waals surface area contributed by atoms with Crippen molar-refractivity contribution in [3.63, 3.8) is 0 Å². The van der Waals surface area contributed by atoms with Crippen molar-refractivity contribution in [1.82, 2.24) is 15.2 Å². The third-order valence-electron chi connectivity index (χ3n) is 3.81. The molecule has 0 unspecified atom stereocenters. The molecule has 2 amide bonds. The number of thiazole rings is 1. The van der Waals surface area contributed by atoms with Crippen LogP contribution in [0, 0.1) is 0 Å². The second-order valence-electron chi connectivity index (χ2n) is 5.49. The number of oxime groups is 1. The molecule has 1 aromatic rings. The number of nitrogen functional groups attached to an aromatic ring is 1. The standard InChI is InChI=1S/C14H15N5O5S2.Na.H/c1-5-3-25-12-8(11(21)19(12)9(5)13(22)23)17-10(20)7(18-24-2)6-4-26-14(15)16-6;;/h4,8,12H,3H2,1-2H3,(H2,15,16)(H,17,20)(H,22,23);;/b18-7-;;/t8-,12-;;/m1../s1. The third kappa shape index (κ3) is 3.99. The van der Waals surface area contributed by atoms with E-state index in [1.807, 2.05) is 0 Å². The summed E-state index contributed by atoms with van der Waals surface area (Å²) in [6, 6.07) is -0.854. The van der Waals surface area contributed by atoms with E-state index in [1.54, 1.807) is 12.3 Å². The fraction of sp³-hybridized carbons (Fsp3) is 0.357. The van der Waals surface area contributed by atoms with E-state index in [9.17, 15) is 19.5 Å². The number of thioether (sulfide) groups is 1. The molecule has 27 heavy (non-hydrogen) atoms. The van der Waals surface area contributed by atoms with E-state index in [2.05, 4.69) is 20.3 Å². The fourth-order valence-electron chi connectivity index (χ4n) is 2.68. The van der Waals surface area contributed by atoms with Gasteiger partial charge >= 0.3 is 35.5 Å². The third-order valence-corrected chi connectivity index (χ3v) is 5.91. The number of nitrogens with one attached hydrogen (secondary N) is 1. The van der Waals surface area contributed by atoms with Crippen LogP contribution in [-0.2, 0) is 19.2 Å². The molecule has 3 heterocycles. The number of rotatable bonds is 5. The Kier molecular flexibility index (Phi) is 6.92. The van der Waals surface area contributed by atoms with Gasteiger partial charge in [-0.25, -0.2) is 9.78 Å². The Bertz CT molecular complexity index is 855. The molecule has 3 rings (SSSR count). The van der Waals surface area contributed by atoms with Crippen molar-refractivity contribution in [2.24, 2.45) is 5.16 Å². The molecule has 0 spiro atoms. The Balaban J connectivity index is 0.00000261. The molecule has 140 valence electrons. The van der Waals surface area contributed by atoms with Gasteiger partial charge in [0.2, 0.25) is 0 Å². The van der Waals surface area contributed by atoms with Crippen molar-refractivity contribution < 1.29 is 24.3 Å². The van der Waals surface area contributed by atoms with Crippen molar-refractivity contribution in [2.45, 2.75) is 18.3 Å². The zero-order valence-corrected chi connectivity index (χ0v) is 15.4. The summed E-state index contributed by atoms with van der Waals surface area (Å²) in [5.74, 6) is -1.84. The number of carboxylic acids is 1. The quantitative estimate of drug-likeness (QED) is 0.242. The first-order valence-electron chi connectivity index (χ1n) is 7.36. The molecule has 1 fully saturated rings. The molecule has 0 saturated carbocycles. The van der Waals surface area contributed by atoms with E-state index < -0.39 is 29.2 Å². The Morgan fingerprint density at radius 2 is 2.22 bits per heavy atom. The van der Waals surface area contributed by atoms with Crippen LogP contribution in [0.3, 0.4) is 0 Å². The van der Waals surface area contributed by atoms with Crippen LogP contribution < -0.4 is 11.1 Å². The molecular weight excluding hydrogens is 405 g/mol. The van der Waals surface area contributed by atoms with Gasteiger partial charge in [0.1, 0.15) is 29.9 Å². The van der Waals surface area contributed by atoms with Crippen LogP contribution in [0.15, 0.2) is 21.8 Å². The van der Waals surface area contributed by atoms with Gasteiger partial charge in [0.25, 0.3) is 11.8 Å². The number of nitrogens with zero attached hydrogens (tertiary/aromatic N) is 3. The second kappa shape index (κ2) is 8.61. The Morgan fingerprint density at radius 1 is 1.52 bits per heavy atom. The average Bonchev–Trinajstić information content (AvgIpc) is 3.02. The minimum absolute atomic E-state index is 0. The average molecular weight is 421 g/mol. The van der Waals surface area contributed by atoms with Crippen LogP contribution in [0.5, 0.6) is 0 Å². The first-order chi connectivity index (χ1) is 12.3. The molecule has 0 bridgehead atoms. The zero-order valence-electron chi connectivity index (χ0n) is 13.8. The number of β-lactam (4-membered cyclic amide) rings is 1. The molecule has 13 heteroatoms. The summed E-state index contributed by atoms with van der Waals surface area (Å²) in [7, 11) is 1.28. The van der Waals surface area contributed by atoms with E-state index in [0.717, 1.165) is 11.3 Å². The van der Waals surface area contributed by atoms with Gasteiger partial charge in [-0.05, 0) is 12.5 Å². The van der Waals surface area contributed by atoms with Gasteiger partial charge in [-0.1, -0.05) is 5.16 Å². The Hall–Kier alpha value is -1.60. The number of carboxylic acid groups (broad SMARTS) is 1. The van der Waals surface area contributed by atoms with E-state index >= 15 is 0 Å². The van der Waals surface area contributed by atoms with Gasteiger partial charge in [-0.2, -0.15) is 0 Å². The maximum absolute atomic E-state index is 12.5. The zero-order chi connectivity index (χ0) is 19.0. The van der Waals surface area contributed by atoms with Gasteiger partial charge < -0.3 is 21.0 Å². The van der Waals surface area contributed by atoms with E-state index in [4.69, 9.17) is 5.73 Å². The predicted molar refractivity (Wildman–Crippen MR) is 103 cm³/mol. The second-order valence-corrected chi connectivity index (χ2v) is 7.48. The topological polar surface area (TPSA) is 147 Å². The monoisotopic (exact) mass is 421 g/mol. The summed E-state index contributed by atoms with van der Waals surface area (Å²) in [4.78, 5) is 46.2. The summed E-state index contributed by atoms with van der Waals surface area (Å²) in [5.41, 5.74) is 6.27. The van der Waals surface area contributed by atoms with Gasteiger partial charge in [0.15, 0.2) is 10.8 Å². The van der Waals surface area contributed by atoms with Crippen LogP contribution in [0.1, 0.15) is 12.6 Å². The number of hydrogen-bond donors (Lipinski definition) is 3. The number of amides is 2. The molecule has 4 N–H and O–H groups in total. The van der Waals surface area contributed by atoms with Crippen molar-refractivity contribution in [1.29, 1.82) is 0 Å². The van der Waals surface area contributed by atoms with Gasteiger partial charge in [0, 0.05) is 11.1 Å². The molecule has 2 atom stereocenters. The van der Waals surface area contributed by atoms with Crippen molar-refractivity contribution >= 4 is 81.3 Å². The van der Waals surface area contributed by atoms with Gasteiger partial charge in [-0.15, -0.1) is 23.1 Å². The number of fused-ring (bicyclic) bond motifs is 1. The van der Waals surface area contributed by atoms with Crippen molar-refractivity contribution in [2.75, 3.05) is 18.6 Å². The SMILES string of the molecule is CO/N=C(\C(=O)N[C@@H]1C(=O)N2C(C(=O)O)=C(C)CS[C@H]12)c1csc(N)n1.[NaH]. The van der Waals surface area contributed by atoms with E-state index in [0.29, 0.717) is 11.3 Å². The summed E-state index contributed by atoms with van der Waals surface area (Å²) in [6.07, 6.45) is 0. The van der Waals surface area contributed by atoms with Crippen molar-refractivity contribution in [3.8, 4) is 0 Å². The van der Waals surface area contributed by atoms with Gasteiger partial charge in [0.05, 0.1) is 0 Å². The first kappa shape index (κ1) is 21.7. The van der Waals surface area contributed by atoms with Crippen LogP contribution in [-0.4, -0.2) is 92.3 Å². The normalized spacial score (nSPS) is 21.8. The Labute approximate surface area is 184 Å². The van der Waals surface area contributed by atoms with Crippen LogP contribution in [0.4, 0.5) is 5.13 Å². The number of aliphatic carboxylic acids is 1. The number of carbonyl (C=O) groups excluding carboxylic acids is 2. The fourth-order valence-corrected chi connectivity index (χ4v) is 4.52. The molecule has 2 aliphatic heterocycles. The summed E-state index contributed by atoms with van der Waals surface area (Å²) in [6.45, 7) is 1.67. The summed E-state index contributed by atoms with van der Waals surface area (Å²) in [5, 5.41) is 16.9. The number of hydrogen-bond acceptors (Lipinski definition) is 9. The van der Waals surface area contributed by atoms with Crippen LogP contribution >= 0.6 is 23.1 Å². The van der Waals surface area contributed by atoms with Gasteiger partial charge in [-0.3, -0.25) is 14.5 Å². The maximum atomic E-state index is 12.5. The molecule has 0 aliphatic carbocycles. The number of anilines is 1. The molecule has 2 aliphatic rings.